The number of methoxy groups -OCH3 is 1. The van der Waals surface area contributed by atoms with E-state index in [0.717, 1.165) is 18.8 Å². The quantitative estimate of drug-likeness (QED) is 0.507. The Kier molecular flexibility index (Phi) is 3.57. The van der Waals surface area contributed by atoms with Gasteiger partial charge >= 0.3 is 0 Å². The van der Waals surface area contributed by atoms with Crippen LogP contribution in [0.25, 0.3) is 0 Å². The van der Waals surface area contributed by atoms with Crippen LogP contribution in [0.4, 0.5) is 0 Å². The van der Waals surface area contributed by atoms with Crippen molar-refractivity contribution >= 4 is 5.90 Å². The zero-order valence-corrected chi connectivity index (χ0v) is 9.89. The first-order valence-electron chi connectivity index (χ1n) is 5.57. The molecule has 0 saturated heterocycles. The average Bonchev–Trinajstić information content (AvgIpc) is 2.15. The van der Waals surface area contributed by atoms with Crippen LogP contribution in [0.2, 0.25) is 0 Å². The maximum Gasteiger partial charge on any atom is 0.183 e. The summed E-state index contributed by atoms with van der Waals surface area (Å²) in [6.07, 6.45) is 4.77. The number of ether oxygens (including phenoxy) is 1. The van der Waals surface area contributed by atoms with Gasteiger partial charge in [0, 0.05) is 5.92 Å². The SMILES string of the molecule is COC(=N)C1CCC(C(C)(C)C)CC1. The van der Waals surface area contributed by atoms with Gasteiger partial charge in [0.2, 0.25) is 0 Å². The van der Waals surface area contributed by atoms with Crippen LogP contribution in [0, 0.1) is 22.7 Å². The van der Waals surface area contributed by atoms with Crippen molar-refractivity contribution in [2.24, 2.45) is 17.3 Å². The van der Waals surface area contributed by atoms with Gasteiger partial charge in [-0.05, 0) is 37.0 Å². The van der Waals surface area contributed by atoms with E-state index in [1.165, 1.54) is 12.8 Å². The number of hydrogen-bond acceptors (Lipinski definition) is 2. The predicted molar refractivity (Wildman–Crippen MR) is 59.6 cm³/mol. The molecular formula is C12H23NO. The van der Waals surface area contributed by atoms with Crippen molar-refractivity contribution in [3.63, 3.8) is 0 Å². The highest BCUT2D eigenvalue weighted by Crippen LogP contribution is 2.39. The molecule has 0 heterocycles. The molecule has 0 aromatic rings. The molecule has 0 bridgehead atoms. The van der Waals surface area contributed by atoms with Crippen molar-refractivity contribution < 1.29 is 4.74 Å². The Bertz CT molecular complexity index is 197. The van der Waals surface area contributed by atoms with E-state index in [4.69, 9.17) is 10.1 Å². The first-order chi connectivity index (χ1) is 6.45. The number of rotatable bonds is 1. The molecule has 1 N–H and O–H groups in total. The molecule has 0 aliphatic heterocycles. The Hall–Kier alpha value is -0.530. The van der Waals surface area contributed by atoms with Gasteiger partial charge in [0.1, 0.15) is 0 Å². The zero-order valence-electron chi connectivity index (χ0n) is 9.89. The van der Waals surface area contributed by atoms with Gasteiger partial charge in [0.25, 0.3) is 0 Å². The molecule has 1 saturated carbocycles. The van der Waals surface area contributed by atoms with Crippen LogP contribution in [-0.2, 0) is 4.74 Å². The third-order valence-corrected chi connectivity index (χ3v) is 3.54. The topological polar surface area (TPSA) is 33.1 Å². The van der Waals surface area contributed by atoms with Crippen molar-refractivity contribution in [2.45, 2.75) is 46.5 Å². The van der Waals surface area contributed by atoms with E-state index in [-0.39, 0.29) is 0 Å². The van der Waals surface area contributed by atoms with Gasteiger partial charge in [-0.2, -0.15) is 0 Å². The predicted octanol–water partition coefficient (Wildman–Crippen LogP) is 3.46. The van der Waals surface area contributed by atoms with Crippen LogP contribution in [0.15, 0.2) is 0 Å². The molecule has 14 heavy (non-hydrogen) atoms. The smallest absolute Gasteiger partial charge is 0.183 e. The summed E-state index contributed by atoms with van der Waals surface area (Å²) in [6, 6.07) is 0. The number of nitrogens with one attached hydrogen (secondary N) is 1. The average molecular weight is 197 g/mol. The van der Waals surface area contributed by atoms with Crippen molar-refractivity contribution in [1.82, 2.24) is 0 Å². The minimum atomic E-state index is 0.388. The van der Waals surface area contributed by atoms with Gasteiger partial charge in [-0.25, -0.2) is 0 Å². The molecule has 0 radical (unpaired) electrons. The summed E-state index contributed by atoms with van der Waals surface area (Å²) < 4.78 is 4.99. The molecule has 0 spiro atoms. The molecule has 2 nitrogen and oxygen atoms in total. The maximum absolute atomic E-state index is 7.63. The van der Waals surface area contributed by atoms with Crippen LogP contribution in [0.5, 0.6) is 0 Å². The van der Waals surface area contributed by atoms with E-state index in [9.17, 15) is 0 Å². The molecule has 1 rings (SSSR count). The highest BCUT2D eigenvalue weighted by molar-refractivity contribution is 5.75. The summed E-state index contributed by atoms with van der Waals surface area (Å²) in [5.41, 5.74) is 0.431. The maximum atomic E-state index is 7.63. The third-order valence-electron chi connectivity index (χ3n) is 3.54. The minimum absolute atomic E-state index is 0.388. The molecular weight excluding hydrogens is 174 g/mol. The molecule has 82 valence electrons. The van der Waals surface area contributed by atoms with Gasteiger partial charge in [0.05, 0.1) is 7.11 Å². The van der Waals surface area contributed by atoms with Crippen molar-refractivity contribution in [3.8, 4) is 0 Å². The van der Waals surface area contributed by atoms with Gasteiger partial charge in [-0.3, -0.25) is 5.41 Å². The van der Waals surface area contributed by atoms with E-state index in [1.54, 1.807) is 7.11 Å². The fourth-order valence-electron chi connectivity index (χ4n) is 2.39. The lowest BCUT2D eigenvalue weighted by Crippen LogP contribution is -2.29. The first kappa shape index (κ1) is 11.5. The number of hydrogen-bond donors (Lipinski definition) is 1. The standard InChI is InChI=1S/C12H23NO/c1-12(2,3)10-7-5-9(6-8-10)11(13)14-4/h9-10,13H,5-8H2,1-4H3. The summed E-state index contributed by atoms with van der Waals surface area (Å²) in [4.78, 5) is 0. The Balaban J connectivity index is 2.43. The molecule has 0 amide bonds. The van der Waals surface area contributed by atoms with Crippen LogP contribution in [-0.4, -0.2) is 13.0 Å². The second-order valence-corrected chi connectivity index (χ2v) is 5.48. The molecule has 1 fully saturated rings. The van der Waals surface area contributed by atoms with E-state index in [1.807, 2.05) is 0 Å². The fourth-order valence-corrected chi connectivity index (χ4v) is 2.39. The zero-order chi connectivity index (χ0) is 10.8. The second-order valence-electron chi connectivity index (χ2n) is 5.48. The lowest BCUT2D eigenvalue weighted by molar-refractivity contribution is 0.159. The van der Waals surface area contributed by atoms with Gasteiger partial charge < -0.3 is 4.74 Å². The fraction of sp³-hybridized carbons (Fsp3) is 0.917. The summed E-state index contributed by atoms with van der Waals surface area (Å²) in [5, 5.41) is 7.63. The first-order valence-corrected chi connectivity index (χ1v) is 5.57. The van der Waals surface area contributed by atoms with Gasteiger partial charge in [0.15, 0.2) is 5.90 Å². The van der Waals surface area contributed by atoms with Crippen LogP contribution in [0.3, 0.4) is 0 Å². The van der Waals surface area contributed by atoms with E-state index < -0.39 is 0 Å². The Morgan fingerprint density at radius 1 is 1.14 bits per heavy atom. The Morgan fingerprint density at radius 2 is 1.64 bits per heavy atom. The summed E-state index contributed by atoms with van der Waals surface area (Å²) in [5.74, 6) is 1.69. The normalized spacial score (nSPS) is 28.6. The van der Waals surface area contributed by atoms with Crippen LogP contribution in [0.1, 0.15) is 46.5 Å². The molecule has 0 aromatic heterocycles. The molecule has 0 atom stereocenters. The van der Waals surface area contributed by atoms with E-state index >= 15 is 0 Å². The lowest BCUT2D eigenvalue weighted by Gasteiger charge is -2.36. The second kappa shape index (κ2) is 4.33. The van der Waals surface area contributed by atoms with Crippen molar-refractivity contribution in [2.75, 3.05) is 7.11 Å². The van der Waals surface area contributed by atoms with E-state index in [0.29, 0.717) is 17.2 Å². The monoisotopic (exact) mass is 197 g/mol. The molecule has 0 unspecified atom stereocenters. The highest BCUT2D eigenvalue weighted by atomic mass is 16.5. The summed E-state index contributed by atoms with van der Waals surface area (Å²) >= 11 is 0. The molecule has 0 aromatic carbocycles. The Morgan fingerprint density at radius 3 is 2.00 bits per heavy atom. The summed E-state index contributed by atoms with van der Waals surface area (Å²) in [6.45, 7) is 6.96. The molecule has 1 aliphatic rings. The van der Waals surface area contributed by atoms with Crippen molar-refractivity contribution in [3.05, 3.63) is 0 Å². The Labute approximate surface area is 87.5 Å². The molecule has 1 aliphatic carbocycles. The highest BCUT2D eigenvalue weighted by Gasteiger charge is 2.31. The minimum Gasteiger partial charge on any atom is -0.484 e. The third kappa shape index (κ3) is 2.73. The van der Waals surface area contributed by atoms with Crippen LogP contribution < -0.4 is 0 Å². The summed E-state index contributed by atoms with van der Waals surface area (Å²) in [7, 11) is 1.61. The van der Waals surface area contributed by atoms with Gasteiger partial charge in [-0.15, -0.1) is 0 Å². The van der Waals surface area contributed by atoms with Crippen molar-refractivity contribution in [1.29, 1.82) is 5.41 Å². The largest absolute Gasteiger partial charge is 0.484 e. The van der Waals surface area contributed by atoms with E-state index in [2.05, 4.69) is 20.8 Å². The van der Waals surface area contributed by atoms with Crippen LogP contribution >= 0.6 is 0 Å². The molecule has 2 heteroatoms. The van der Waals surface area contributed by atoms with Gasteiger partial charge in [-0.1, -0.05) is 20.8 Å². The lowest BCUT2D eigenvalue weighted by atomic mass is 9.70.